The highest BCUT2D eigenvalue weighted by molar-refractivity contribution is 4.96. The molecule has 0 bridgehead atoms. The molecule has 4 N–H and O–H groups in total. The van der Waals surface area contributed by atoms with Crippen molar-refractivity contribution in [2.45, 2.75) is 43.3 Å². The van der Waals surface area contributed by atoms with Crippen molar-refractivity contribution in [2.75, 3.05) is 13.2 Å². The lowest BCUT2D eigenvalue weighted by Gasteiger charge is -2.32. The Kier molecular flexibility index (Phi) is 3.77. The molecule has 0 amide bonds. The molecular formula is C12H17N3O7. The third-order valence-electron chi connectivity index (χ3n) is 3.87. The standard InChI is InChI=1S/C12H17N3O7/c16-8(3-15-10(18)13-9(17)14-11(15)19)12(20,1-6-4-21-6)2-7-5-22-7/h6-8,16,20H,1-5H2,(H2,13,14,17,18,19). The number of nitrogens with one attached hydrogen (secondary N) is 2. The molecular weight excluding hydrogens is 298 g/mol. The zero-order valence-electron chi connectivity index (χ0n) is 11.7. The largest absolute Gasteiger partial charge is 0.388 e. The highest BCUT2D eigenvalue weighted by Crippen LogP contribution is 2.33. The summed E-state index contributed by atoms with van der Waals surface area (Å²) in [5.41, 5.74) is -4.35. The molecule has 0 saturated carbocycles. The predicted molar refractivity (Wildman–Crippen MR) is 71.6 cm³/mol. The lowest BCUT2D eigenvalue weighted by molar-refractivity contribution is -0.0991. The Bertz CT molecular complexity index is 664. The van der Waals surface area contributed by atoms with Gasteiger partial charge in [0.05, 0.1) is 37.6 Å². The van der Waals surface area contributed by atoms with E-state index in [9.17, 15) is 24.6 Å². The van der Waals surface area contributed by atoms with Crippen LogP contribution in [0, 0.1) is 0 Å². The molecule has 10 heteroatoms. The number of H-pyrrole nitrogens is 2. The minimum atomic E-state index is -1.54. The van der Waals surface area contributed by atoms with Crippen LogP contribution in [0.4, 0.5) is 0 Å². The van der Waals surface area contributed by atoms with E-state index in [0.29, 0.717) is 17.8 Å². The van der Waals surface area contributed by atoms with Crippen molar-refractivity contribution in [2.24, 2.45) is 0 Å². The van der Waals surface area contributed by atoms with E-state index in [0.717, 1.165) is 0 Å². The highest BCUT2D eigenvalue weighted by Gasteiger charge is 2.46. The first-order chi connectivity index (χ1) is 10.4. The van der Waals surface area contributed by atoms with Crippen LogP contribution in [-0.4, -0.2) is 61.9 Å². The van der Waals surface area contributed by atoms with E-state index < -0.39 is 35.3 Å². The van der Waals surface area contributed by atoms with Gasteiger partial charge in [0.2, 0.25) is 0 Å². The van der Waals surface area contributed by atoms with Gasteiger partial charge in [-0.15, -0.1) is 0 Å². The summed E-state index contributed by atoms with van der Waals surface area (Å²) in [7, 11) is 0. The van der Waals surface area contributed by atoms with Gasteiger partial charge in [-0.25, -0.2) is 19.0 Å². The van der Waals surface area contributed by atoms with Gasteiger partial charge in [0.1, 0.15) is 6.10 Å². The maximum Gasteiger partial charge on any atom is 0.333 e. The normalized spacial score (nSPS) is 27.2. The molecule has 2 fully saturated rings. The number of aliphatic hydroxyl groups is 2. The number of aliphatic hydroxyl groups excluding tert-OH is 1. The molecule has 22 heavy (non-hydrogen) atoms. The zero-order valence-corrected chi connectivity index (χ0v) is 11.7. The highest BCUT2D eigenvalue weighted by atomic mass is 16.6. The molecule has 1 aromatic heterocycles. The summed E-state index contributed by atoms with van der Waals surface area (Å²) in [6, 6.07) is 0. The summed E-state index contributed by atoms with van der Waals surface area (Å²) in [6.07, 6.45) is -1.31. The Labute approximate surface area is 123 Å². The van der Waals surface area contributed by atoms with Crippen molar-refractivity contribution in [3.63, 3.8) is 0 Å². The van der Waals surface area contributed by atoms with Crippen LogP contribution in [0.5, 0.6) is 0 Å². The maximum absolute atomic E-state index is 11.6. The number of rotatable bonds is 7. The first-order valence-electron chi connectivity index (χ1n) is 6.94. The van der Waals surface area contributed by atoms with Crippen LogP contribution >= 0.6 is 0 Å². The van der Waals surface area contributed by atoms with Crippen LogP contribution in [0.25, 0.3) is 0 Å². The van der Waals surface area contributed by atoms with Crippen molar-refractivity contribution in [1.82, 2.24) is 14.5 Å². The van der Waals surface area contributed by atoms with Crippen molar-refractivity contribution in [3.05, 3.63) is 31.5 Å². The first-order valence-corrected chi connectivity index (χ1v) is 6.94. The van der Waals surface area contributed by atoms with E-state index in [-0.39, 0.29) is 25.0 Å². The fourth-order valence-electron chi connectivity index (χ4n) is 2.48. The molecule has 0 aliphatic carbocycles. The number of hydrogen-bond acceptors (Lipinski definition) is 7. The summed E-state index contributed by atoms with van der Waals surface area (Å²) in [5, 5.41) is 21.0. The molecule has 3 rings (SSSR count). The smallest absolute Gasteiger partial charge is 0.333 e. The quantitative estimate of drug-likeness (QED) is 0.388. The first kappa shape index (κ1) is 15.2. The molecule has 3 atom stereocenters. The Hall–Kier alpha value is -1.75. The van der Waals surface area contributed by atoms with Gasteiger partial charge in [-0.05, 0) is 0 Å². The summed E-state index contributed by atoms with van der Waals surface area (Å²) in [6.45, 7) is 0.556. The van der Waals surface area contributed by atoms with Crippen molar-refractivity contribution >= 4 is 0 Å². The summed E-state index contributed by atoms with van der Waals surface area (Å²) < 4.78 is 10.8. The van der Waals surface area contributed by atoms with Crippen LogP contribution in [0.3, 0.4) is 0 Å². The summed E-state index contributed by atoms with van der Waals surface area (Å²) in [4.78, 5) is 38.1. The van der Waals surface area contributed by atoms with Gasteiger partial charge < -0.3 is 19.7 Å². The second-order valence-corrected chi connectivity index (χ2v) is 5.74. The van der Waals surface area contributed by atoms with Gasteiger partial charge >= 0.3 is 17.1 Å². The molecule has 0 radical (unpaired) electrons. The monoisotopic (exact) mass is 315 g/mol. The molecule has 3 heterocycles. The zero-order chi connectivity index (χ0) is 15.9. The molecule has 2 aliphatic rings. The average Bonchev–Trinajstić information content (AvgIpc) is 3.30. The Morgan fingerprint density at radius 1 is 1.14 bits per heavy atom. The topological polar surface area (TPSA) is 153 Å². The molecule has 0 spiro atoms. The Morgan fingerprint density at radius 3 is 2.00 bits per heavy atom. The van der Waals surface area contributed by atoms with Crippen LogP contribution in [0.2, 0.25) is 0 Å². The SMILES string of the molecule is O=c1[nH]c(=O)n(CC(O)C(O)(CC2CO2)CC2CO2)c(=O)[nH]1. The van der Waals surface area contributed by atoms with Crippen LogP contribution in [0.15, 0.2) is 14.4 Å². The minimum Gasteiger partial charge on any atom is -0.388 e. The number of ether oxygens (including phenoxy) is 2. The van der Waals surface area contributed by atoms with Gasteiger partial charge in [-0.3, -0.25) is 9.97 Å². The van der Waals surface area contributed by atoms with Crippen LogP contribution in [-0.2, 0) is 16.0 Å². The van der Waals surface area contributed by atoms with E-state index in [4.69, 9.17) is 9.47 Å². The molecule has 3 unspecified atom stereocenters. The second kappa shape index (κ2) is 5.47. The van der Waals surface area contributed by atoms with E-state index >= 15 is 0 Å². The van der Waals surface area contributed by atoms with Gasteiger partial charge in [-0.2, -0.15) is 0 Å². The van der Waals surface area contributed by atoms with Crippen molar-refractivity contribution < 1.29 is 19.7 Å². The number of aromatic amines is 2. The third-order valence-corrected chi connectivity index (χ3v) is 3.87. The van der Waals surface area contributed by atoms with Gasteiger partial charge in [0.25, 0.3) is 0 Å². The van der Waals surface area contributed by atoms with E-state index in [2.05, 4.69) is 0 Å². The molecule has 0 aromatic carbocycles. The minimum absolute atomic E-state index is 0.149. The molecule has 2 aliphatic heterocycles. The summed E-state index contributed by atoms with van der Waals surface area (Å²) >= 11 is 0. The lowest BCUT2D eigenvalue weighted by Crippen LogP contribution is -2.52. The van der Waals surface area contributed by atoms with Gasteiger partial charge in [0, 0.05) is 12.8 Å². The van der Waals surface area contributed by atoms with Crippen LogP contribution < -0.4 is 17.1 Å². The molecule has 1 aromatic rings. The number of aromatic nitrogens is 3. The number of nitrogens with zero attached hydrogens (tertiary/aromatic N) is 1. The molecule has 2 saturated heterocycles. The van der Waals surface area contributed by atoms with Gasteiger partial charge in [0.15, 0.2) is 0 Å². The maximum atomic E-state index is 11.6. The molecule has 10 nitrogen and oxygen atoms in total. The van der Waals surface area contributed by atoms with E-state index in [1.165, 1.54) is 0 Å². The lowest BCUT2D eigenvalue weighted by atomic mass is 9.86. The fourth-order valence-corrected chi connectivity index (χ4v) is 2.48. The van der Waals surface area contributed by atoms with Crippen molar-refractivity contribution in [1.29, 1.82) is 0 Å². The predicted octanol–water partition coefficient (Wildman–Crippen LogP) is -3.11. The number of hydrogen-bond donors (Lipinski definition) is 4. The van der Waals surface area contributed by atoms with Gasteiger partial charge in [-0.1, -0.05) is 0 Å². The van der Waals surface area contributed by atoms with E-state index in [1.807, 2.05) is 9.97 Å². The van der Waals surface area contributed by atoms with Crippen LogP contribution in [0.1, 0.15) is 12.8 Å². The van der Waals surface area contributed by atoms with Crippen molar-refractivity contribution in [3.8, 4) is 0 Å². The Balaban J connectivity index is 1.81. The third kappa shape index (κ3) is 3.35. The average molecular weight is 315 g/mol. The summed E-state index contributed by atoms with van der Waals surface area (Å²) in [5.74, 6) is 0. The second-order valence-electron chi connectivity index (χ2n) is 5.74. The Morgan fingerprint density at radius 2 is 1.59 bits per heavy atom. The number of epoxide rings is 2. The molecule has 122 valence electrons. The fraction of sp³-hybridized carbons (Fsp3) is 0.750. The van der Waals surface area contributed by atoms with E-state index in [1.54, 1.807) is 0 Å².